The lowest BCUT2D eigenvalue weighted by molar-refractivity contribution is 0.415. The first-order chi connectivity index (χ1) is 8.27. The molecule has 0 aliphatic rings. The third-order valence-corrected chi connectivity index (χ3v) is 3.08. The number of halogens is 1. The summed E-state index contributed by atoms with van der Waals surface area (Å²) in [5, 5.41) is 4.04. The van der Waals surface area contributed by atoms with Crippen LogP contribution in [0.5, 0.6) is 5.75 Å². The molecule has 0 amide bonds. The van der Waals surface area contributed by atoms with Gasteiger partial charge in [-0.15, -0.1) is 0 Å². The fourth-order valence-corrected chi connectivity index (χ4v) is 2.08. The standard InChI is InChI=1S/C14H22ClNO/c1-3-16-10-6-4-5-7-12-8-9-14(17-2)13(15)11-12/h8-9,11,16H,3-7,10H2,1-2H3. The van der Waals surface area contributed by atoms with Crippen LogP contribution in [0.1, 0.15) is 31.7 Å². The van der Waals surface area contributed by atoms with Gasteiger partial charge in [-0.05, 0) is 50.0 Å². The Morgan fingerprint density at radius 1 is 1.24 bits per heavy atom. The maximum Gasteiger partial charge on any atom is 0.137 e. The molecule has 0 radical (unpaired) electrons. The smallest absolute Gasteiger partial charge is 0.137 e. The van der Waals surface area contributed by atoms with Gasteiger partial charge < -0.3 is 10.1 Å². The van der Waals surface area contributed by atoms with Gasteiger partial charge in [0, 0.05) is 0 Å². The van der Waals surface area contributed by atoms with E-state index in [1.807, 2.05) is 12.1 Å². The normalized spacial score (nSPS) is 10.5. The molecule has 1 aromatic carbocycles. The molecule has 0 aromatic heterocycles. The number of unbranched alkanes of at least 4 members (excludes halogenated alkanes) is 2. The van der Waals surface area contributed by atoms with Crippen molar-refractivity contribution in [3.63, 3.8) is 0 Å². The quantitative estimate of drug-likeness (QED) is 0.716. The fraction of sp³-hybridized carbons (Fsp3) is 0.571. The van der Waals surface area contributed by atoms with Crippen LogP contribution >= 0.6 is 11.6 Å². The Bertz CT molecular complexity index is 328. The summed E-state index contributed by atoms with van der Waals surface area (Å²) in [6.07, 6.45) is 4.82. The second-order valence-electron chi connectivity index (χ2n) is 4.13. The lowest BCUT2D eigenvalue weighted by atomic mass is 10.1. The summed E-state index contributed by atoms with van der Waals surface area (Å²) >= 11 is 6.08. The van der Waals surface area contributed by atoms with E-state index < -0.39 is 0 Å². The van der Waals surface area contributed by atoms with Crippen LogP contribution in [0.15, 0.2) is 18.2 Å². The minimum absolute atomic E-state index is 0.706. The summed E-state index contributed by atoms with van der Waals surface area (Å²) in [6, 6.07) is 6.04. The highest BCUT2D eigenvalue weighted by molar-refractivity contribution is 6.32. The van der Waals surface area contributed by atoms with E-state index in [0.717, 1.165) is 25.3 Å². The number of aryl methyl sites for hydroxylation is 1. The van der Waals surface area contributed by atoms with Crippen molar-refractivity contribution in [3.8, 4) is 5.75 Å². The Labute approximate surface area is 109 Å². The molecule has 17 heavy (non-hydrogen) atoms. The van der Waals surface area contributed by atoms with Gasteiger partial charge in [0.05, 0.1) is 12.1 Å². The van der Waals surface area contributed by atoms with E-state index in [1.165, 1.54) is 24.8 Å². The van der Waals surface area contributed by atoms with Crippen LogP contribution in [-0.2, 0) is 6.42 Å². The Kier molecular flexibility index (Phi) is 7.06. The zero-order valence-electron chi connectivity index (χ0n) is 10.8. The number of rotatable bonds is 8. The number of benzene rings is 1. The summed E-state index contributed by atoms with van der Waals surface area (Å²) in [6.45, 7) is 4.33. The molecule has 0 bridgehead atoms. The van der Waals surface area contributed by atoms with E-state index in [9.17, 15) is 0 Å². The molecule has 2 nitrogen and oxygen atoms in total. The predicted octanol–water partition coefficient (Wildman–Crippen LogP) is 3.67. The van der Waals surface area contributed by atoms with E-state index in [4.69, 9.17) is 16.3 Å². The number of ether oxygens (including phenoxy) is 1. The van der Waals surface area contributed by atoms with E-state index in [-0.39, 0.29) is 0 Å². The van der Waals surface area contributed by atoms with Crippen molar-refractivity contribution in [3.05, 3.63) is 28.8 Å². The van der Waals surface area contributed by atoms with Crippen LogP contribution < -0.4 is 10.1 Å². The number of nitrogens with one attached hydrogen (secondary N) is 1. The Hall–Kier alpha value is -0.730. The third-order valence-electron chi connectivity index (χ3n) is 2.79. The van der Waals surface area contributed by atoms with E-state index in [1.54, 1.807) is 7.11 Å². The topological polar surface area (TPSA) is 21.3 Å². The van der Waals surface area contributed by atoms with Crippen molar-refractivity contribution in [2.75, 3.05) is 20.2 Å². The minimum atomic E-state index is 0.706. The highest BCUT2D eigenvalue weighted by atomic mass is 35.5. The van der Waals surface area contributed by atoms with E-state index >= 15 is 0 Å². The molecule has 96 valence electrons. The Balaban J connectivity index is 2.25. The monoisotopic (exact) mass is 255 g/mol. The van der Waals surface area contributed by atoms with Crippen LogP contribution in [0.4, 0.5) is 0 Å². The fourth-order valence-electron chi connectivity index (χ4n) is 1.80. The SMILES string of the molecule is CCNCCCCCc1ccc(OC)c(Cl)c1. The summed E-state index contributed by atoms with van der Waals surface area (Å²) in [4.78, 5) is 0. The van der Waals surface area contributed by atoms with E-state index in [0.29, 0.717) is 5.02 Å². The Morgan fingerprint density at radius 2 is 2.06 bits per heavy atom. The summed E-state index contributed by atoms with van der Waals surface area (Å²) in [7, 11) is 1.64. The maximum absolute atomic E-state index is 6.08. The van der Waals surface area contributed by atoms with Gasteiger partial charge in [-0.2, -0.15) is 0 Å². The van der Waals surface area contributed by atoms with Gasteiger partial charge in [0.2, 0.25) is 0 Å². The highest BCUT2D eigenvalue weighted by Crippen LogP contribution is 2.25. The van der Waals surface area contributed by atoms with Crippen molar-refractivity contribution in [2.24, 2.45) is 0 Å². The molecule has 1 N–H and O–H groups in total. The molecule has 0 spiro atoms. The molecule has 0 saturated carbocycles. The summed E-state index contributed by atoms with van der Waals surface area (Å²) in [5.41, 5.74) is 1.29. The molecule has 0 aliphatic heterocycles. The molecule has 1 aromatic rings. The van der Waals surface area contributed by atoms with Crippen LogP contribution in [0.2, 0.25) is 5.02 Å². The zero-order valence-corrected chi connectivity index (χ0v) is 11.5. The number of methoxy groups -OCH3 is 1. The van der Waals surface area contributed by atoms with Gasteiger partial charge in [0.15, 0.2) is 0 Å². The lowest BCUT2D eigenvalue weighted by Crippen LogP contribution is -2.13. The van der Waals surface area contributed by atoms with Crippen LogP contribution in [0, 0.1) is 0 Å². The first kappa shape index (κ1) is 14.3. The molecule has 1 rings (SSSR count). The molecule has 0 saturated heterocycles. The van der Waals surface area contributed by atoms with Crippen LogP contribution in [0.25, 0.3) is 0 Å². The van der Waals surface area contributed by atoms with Gasteiger partial charge >= 0.3 is 0 Å². The summed E-state index contributed by atoms with van der Waals surface area (Å²) in [5.74, 6) is 0.752. The average Bonchev–Trinajstić information content (AvgIpc) is 2.34. The largest absolute Gasteiger partial charge is 0.495 e. The lowest BCUT2D eigenvalue weighted by Gasteiger charge is -2.06. The molecule has 0 fully saturated rings. The van der Waals surface area contributed by atoms with Crippen LogP contribution in [-0.4, -0.2) is 20.2 Å². The van der Waals surface area contributed by atoms with Gasteiger partial charge in [0.25, 0.3) is 0 Å². The summed E-state index contributed by atoms with van der Waals surface area (Å²) < 4.78 is 5.13. The van der Waals surface area contributed by atoms with Gasteiger partial charge in [0.1, 0.15) is 5.75 Å². The molecule has 0 aliphatic carbocycles. The van der Waals surface area contributed by atoms with Crippen LogP contribution in [0.3, 0.4) is 0 Å². The molecular weight excluding hydrogens is 234 g/mol. The highest BCUT2D eigenvalue weighted by Gasteiger charge is 2.01. The minimum Gasteiger partial charge on any atom is -0.495 e. The van der Waals surface area contributed by atoms with Crippen molar-refractivity contribution in [1.29, 1.82) is 0 Å². The predicted molar refractivity (Wildman–Crippen MR) is 74.1 cm³/mol. The zero-order chi connectivity index (χ0) is 12.5. The van der Waals surface area contributed by atoms with E-state index in [2.05, 4.69) is 18.3 Å². The van der Waals surface area contributed by atoms with Crippen molar-refractivity contribution in [2.45, 2.75) is 32.6 Å². The number of hydrogen-bond donors (Lipinski definition) is 1. The first-order valence-corrected chi connectivity index (χ1v) is 6.69. The second kappa shape index (κ2) is 8.37. The van der Waals surface area contributed by atoms with Gasteiger partial charge in [-0.3, -0.25) is 0 Å². The average molecular weight is 256 g/mol. The van der Waals surface area contributed by atoms with Gasteiger partial charge in [-0.1, -0.05) is 31.0 Å². The maximum atomic E-state index is 6.08. The molecule has 0 heterocycles. The molecule has 0 atom stereocenters. The number of hydrogen-bond acceptors (Lipinski definition) is 2. The molecule has 3 heteroatoms. The molecule has 0 unspecified atom stereocenters. The first-order valence-electron chi connectivity index (χ1n) is 6.31. The second-order valence-corrected chi connectivity index (χ2v) is 4.54. The molecular formula is C14H22ClNO. The van der Waals surface area contributed by atoms with Crippen molar-refractivity contribution < 1.29 is 4.74 Å². The van der Waals surface area contributed by atoms with Gasteiger partial charge in [-0.25, -0.2) is 0 Å². The van der Waals surface area contributed by atoms with Crippen molar-refractivity contribution in [1.82, 2.24) is 5.32 Å². The Morgan fingerprint density at radius 3 is 2.71 bits per heavy atom. The third kappa shape index (κ3) is 5.42. The van der Waals surface area contributed by atoms with Crippen molar-refractivity contribution >= 4 is 11.6 Å².